The van der Waals surface area contributed by atoms with Gasteiger partial charge in [-0.3, -0.25) is 4.79 Å². The zero-order valence-corrected chi connectivity index (χ0v) is 16.1. The minimum Gasteiger partial charge on any atom is -0.482 e. The van der Waals surface area contributed by atoms with Gasteiger partial charge < -0.3 is 10.1 Å². The summed E-state index contributed by atoms with van der Waals surface area (Å²) in [4.78, 5) is 12.2. The summed E-state index contributed by atoms with van der Waals surface area (Å²) in [5.41, 5.74) is 1.71. The number of nitrogens with one attached hydrogen (secondary N) is 1. The molecule has 0 bridgehead atoms. The largest absolute Gasteiger partial charge is 0.482 e. The molecule has 0 aromatic heterocycles. The molecule has 3 aromatic rings. The molecular formula is C19H15Br2NO2. The van der Waals surface area contributed by atoms with Gasteiger partial charge in [-0.1, -0.05) is 46.3 Å². The number of carbonyl (C=O) groups excluding carboxylic acids is 1. The van der Waals surface area contributed by atoms with Crippen LogP contribution in [0.5, 0.6) is 5.75 Å². The number of anilines is 1. The summed E-state index contributed by atoms with van der Waals surface area (Å²) in [6, 6.07) is 17.7. The van der Waals surface area contributed by atoms with Crippen molar-refractivity contribution in [2.45, 2.75) is 6.92 Å². The van der Waals surface area contributed by atoms with Crippen molar-refractivity contribution in [2.24, 2.45) is 0 Å². The fraction of sp³-hybridized carbons (Fsp3) is 0.105. The molecule has 0 radical (unpaired) electrons. The summed E-state index contributed by atoms with van der Waals surface area (Å²) in [5.74, 6) is 0.478. The van der Waals surface area contributed by atoms with Crippen LogP contribution in [0.15, 0.2) is 63.5 Å². The molecule has 0 fully saturated rings. The third kappa shape index (κ3) is 3.97. The second kappa shape index (κ2) is 7.36. The Balaban J connectivity index is 1.67. The Morgan fingerprint density at radius 1 is 1.04 bits per heavy atom. The Bertz CT molecular complexity index is 886. The smallest absolute Gasteiger partial charge is 0.262 e. The SMILES string of the molecule is Cc1cc(Br)cc(Br)c1OCC(=O)Nc1ccc2ccccc2c1. The number of benzene rings is 3. The summed E-state index contributed by atoms with van der Waals surface area (Å²) in [6.07, 6.45) is 0. The van der Waals surface area contributed by atoms with Crippen LogP contribution in [0.4, 0.5) is 5.69 Å². The predicted molar refractivity (Wildman–Crippen MR) is 105 cm³/mol. The van der Waals surface area contributed by atoms with Crippen molar-refractivity contribution in [3.63, 3.8) is 0 Å². The van der Waals surface area contributed by atoms with Crippen LogP contribution in [-0.4, -0.2) is 12.5 Å². The molecule has 0 atom stereocenters. The highest BCUT2D eigenvalue weighted by molar-refractivity contribution is 9.11. The van der Waals surface area contributed by atoms with Crippen LogP contribution in [0.2, 0.25) is 0 Å². The van der Waals surface area contributed by atoms with Crippen LogP contribution in [0.25, 0.3) is 10.8 Å². The molecule has 3 rings (SSSR count). The molecule has 5 heteroatoms. The third-order valence-electron chi connectivity index (χ3n) is 3.57. The number of carbonyl (C=O) groups is 1. The van der Waals surface area contributed by atoms with Crippen LogP contribution < -0.4 is 10.1 Å². The molecule has 24 heavy (non-hydrogen) atoms. The first-order valence-corrected chi connectivity index (χ1v) is 8.98. The number of hydrogen-bond acceptors (Lipinski definition) is 2. The van der Waals surface area contributed by atoms with E-state index in [1.807, 2.05) is 61.5 Å². The van der Waals surface area contributed by atoms with Gasteiger partial charge in [0.15, 0.2) is 6.61 Å². The first kappa shape index (κ1) is 17.0. The van der Waals surface area contributed by atoms with E-state index in [9.17, 15) is 4.79 Å². The van der Waals surface area contributed by atoms with Crippen LogP contribution in [0, 0.1) is 6.92 Å². The Labute approximate surface area is 157 Å². The van der Waals surface area contributed by atoms with Crippen molar-refractivity contribution in [2.75, 3.05) is 11.9 Å². The number of rotatable bonds is 4. The molecule has 3 aromatic carbocycles. The van der Waals surface area contributed by atoms with Gasteiger partial charge in [0.25, 0.3) is 5.91 Å². The lowest BCUT2D eigenvalue weighted by Gasteiger charge is -2.12. The zero-order valence-electron chi connectivity index (χ0n) is 13.0. The van der Waals surface area contributed by atoms with Crippen LogP contribution in [-0.2, 0) is 4.79 Å². The van der Waals surface area contributed by atoms with Crippen LogP contribution in [0.3, 0.4) is 0 Å². The van der Waals surface area contributed by atoms with Gasteiger partial charge in [0.2, 0.25) is 0 Å². The van der Waals surface area contributed by atoms with E-state index in [0.29, 0.717) is 5.75 Å². The zero-order chi connectivity index (χ0) is 17.1. The Hall–Kier alpha value is -1.85. The average Bonchev–Trinajstić information content (AvgIpc) is 2.53. The second-order valence-electron chi connectivity index (χ2n) is 5.43. The summed E-state index contributed by atoms with van der Waals surface area (Å²) in [6.45, 7) is 1.89. The molecule has 122 valence electrons. The minimum atomic E-state index is -0.195. The van der Waals surface area contributed by atoms with E-state index >= 15 is 0 Å². The van der Waals surface area contributed by atoms with Gasteiger partial charge in [0.1, 0.15) is 5.75 Å². The van der Waals surface area contributed by atoms with Gasteiger partial charge in [-0.15, -0.1) is 0 Å². The lowest BCUT2D eigenvalue weighted by Crippen LogP contribution is -2.20. The lowest BCUT2D eigenvalue weighted by molar-refractivity contribution is -0.118. The molecule has 0 unspecified atom stereocenters. The van der Waals surface area contributed by atoms with Gasteiger partial charge in [-0.2, -0.15) is 0 Å². The highest BCUT2D eigenvalue weighted by Crippen LogP contribution is 2.32. The predicted octanol–water partition coefficient (Wildman–Crippen LogP) is 5.69. The van der Waals surface area contributed by atoms with E-state index < -0.39 is 0 Å². The molecule has 0 aliphatic carbocycles. The standard InChI is InChI=1S/C19H15Br2NO2/c1-12-8-15(20)10-17(21)19(12)24-11-18(23)22-16-7-6-13-4-2-3-5-14(13)9-16/h2-10H,11H2,1H3,(H,22,23). The Morgan fingerprint density at radius 2 is 1.79 bits per heavy atom. The number of halogens is 2. The molecule has 1 amide bonds. The molecule has 0 spiro atoms. The summed E-state index contributed by atoms with van der Waals surface area (Å²) in [7, 11) is 0. The topological polar surface area (TPSA) is 38.3 Å². The molecule has 0 saturated carbocycles. The van der Waals surface area contributed by atoms with Crippen molar-refractivity contribution >= 4 is 54.2 Å². The summed E-state index contributed by atoms with van der Waals surface area (Å²) < 4.78 is 7.44. The van der Waals surface area contributed by atoms with Crippen molar-refractivity contribution in [3.8, 4) is 5.75 Å². The number of fused-ring (bicyclic) bond motifs is 1. The molecule has 0 heterocycles. The molecule has 0 saturated heterocycles. The van der Waals surface area contributed by atoms with E-state index in [-0.39, 0.29) is 12.5 Å². The molecule has 3 nitrogen and oxygen atoms in total. The maximum atomic E-state index is 12.2. The molecule has 0 aliphatic heterocycles. The minimum absolute atomic E-state index is 0.0477. The van der Waals surface area contributed by atoms with E-state index in [2.05, 4.69) is 37.2 Å². The fourth-order valence-electron chi connectivity index (χ4n) is 2.47. The monoisotopic (exact) mass is 447 g/mol. The second-order valence-corrected chi connectivity index (χ2v) is 7.20. The Morgan fingerprint density at radius 3 is 2.54 bits per heavy atom. The van der Waals surface area contributed by atoms with Crippen LogP contribution >= 0.6 is 31.9 Å². The lowest BCUT2D eigenvalue weighted by atomic mass is 10.1. The highest BCUT2D eigenvalue weighted by Gasteiger charge is 2.10. The quantitative estimate of drug-likeness (QED) is 0.556. The molecule has 0 aliphatic rings. The maximum Gasteiger partial charge on any atom is 0.262 e. The third-order valence-corrected chi connectivity index (χ3v) is 4.62. The first-order chi connectivity index (χ1) is 11.5. The summed E-state index contributed by atoms with van der Waals surface area (Å²) >= 11 is 6.88. The fourth-order valence-corrected chi connectivity index (χ4v) is 4.03. The van der Waals surface area contributed by atoms with E-state index in [0.717, 1.165) is 31.0 Å². The van der Waals surface area contributed by atoms with Crippen molar-refractivity contribution in [1.82, 2.24) is 0 Å². The van der Waals surface area contributed by atoms with Gasteiger partial charge in [-0.05, 0) is 63.5 Å². The van der Waals surface area contributed by atoms with Gasteiger partial charge >= 0.3 is 0 Å². The number of ether oxygens (including phenoxy) is 1. The number of aryl methyl sites for hydroxylation is 1. The van der Waals surface area contributed by atoms with Gasteiger partial charge in [-0.25, -0.2) is 0 Å². The number of hydrogen-bond donors (Lipinski definition) is 1. The van der Waals surface area contributed by atoms with Gasteiger partial charge in [0, 0.05) is 10.2 Å². The number of amides is 1. The average molecular weight is 449 g/mol. The van der Waals surface area contributed by atoms with E-state index in [1.165, 1.54) is 0 Å². The first-order valence-electron chi connectivity index (χ1n) is 7.40. The van der Waals surface area contributed by atoms with Gasteiger partial charge in [0.05, 0.1) is 4.47 Å². The normalized spacial score (nSPS) is 10.6. The van der Waals surface area contributed by atoms with Crippen LogP contribution in [0.1, 0.15) is 5.56 Å². The maximum absolute atomic E-state index is 12.2. The van der Waals surface area contributed by atoms with E-state index in [1.54, 1.807) is 0 Å². The van der Waals surface area contributed by atoms with Crippen molar-refractivity contribution in [1.29, 1.82) is 0 Å². The highest BCUT2D eigenvalue weighted by atomic mass is 79.9. The summed E-state index contributed by atoms with van der Waals surface area (Å²) in [5, 5.41) is 5.09. The molecule has 1 N–H and O–H groups in total. The van der Waals surface area contributed by atoms with Crippen molar-refractivity contribution < 1.29 is 9.53 Å². The van der Waals surface area contributed by atoms with Crippen molar-refractivity contribution in [3.05, 3.63) is 69.1 Å². The molecular weight excluding hydrogens is 434 g/mol. The van der Waals surface area contributed by atoms with E-state index in [4.69, 9.17) is 4.74 Å². The Kier molecular flexibility index (Phi) is 5.21.